The maximum atomic E-state index is 11.3. The largest absolute Gasteiger partial charge is 0.504 e. The smallest absolute Gasteiger partial charge is 0.371 e. The fourth-order valence-electron chi connectivity index (χ4n) is 1.94. The van der Waals surface area contributed by atoms with Crippen molar-refractivity contribution in [2.45, 2.75) is 6.92 Å². The molecule has 6 heteroatoms. The van der Waals surface area contributed by atoms with Crippen molar-refractivity contribution < 1.29 is 29.6 Å². The van der Waals surface area contributed by atoms with Crippen LogP contribution in [-0.2, 0) is 4.79 Å². The molecule has 2 aromatic rings. The molecular formula is C17H14O6. The van der Waals surface area contributed by atoms with Gasteiger partial charge in [0.2, 0.25) is 5.76 Å². The summed E-state index contributed by atoms with van der Waals surface area (Å²) in [5, 5.41) is 28.1. The second-order valence-electron chi connectivity index (χ2n) is 4.79. The van der Waals surface area contributed by atoms with Crippen LogP contribution in [0.2, 0.25) is 0 Å². The fraction of sp³-hybridized carbons (Fsp3) is 0.0588. The molecule has 0 saturated carbocycles. The van der Waals surface area contributed by atoms with E-state index in [2.05, 4.69) is 0 Å². The molecule has 2 rings (SSSR count). The van der Waals surface area contributed by atoms with Gasteiger partial charge in [-0.2, -0.15) is 0 Å². The molecule has 0 heterocycles. The Morgan fingerprint density at radius 3 is 2.39 bits per heavy atom. The molecule has 0 aliphatic heterocycles. The van der Waals surface area contributed by atoms with Crippen LogP contribution in [0.3, 0.4) is 0 Å². The number of benzene rings is 2. The minimum Gasteiger partial charge on any atom is -0.504 e. The van der Waals surface area contributed by atoms with E-state index in [4.69, 9.17) is 9.84 Å². The molecule has 0 radical (unpaired) electrons. The standard InChI is InChI=1S/C17H14O6/c1-10-4-2-5-11(8-10)9-14(17(21)22)23-13-7-3-6-12(15(13)18)16(19)20/h2-9,18H,1H3,(H,19,20)(H,21,22)/b14-9-. The van der Waals surface area contributed by atoms with Crippen molar-refractivity contribution in [2.24, 2.45) is 0 Å². The number of carboxylic acids is 2. The minimum atomic E-state index is -1.34. The van der Waals surface area contributed by atoms with Crippen LogP contribution in [0.1, 0.15) is 21.5 Å². The highest BCUT2D eigenvalue weighted by molar-refractivity contribution is 5.93. The molecule has 3 N–H and O–H groups in total. The van der Waals surface area contributed by atoms with E-state index in [0.29, 0.717) is 5.56 Å². The fourth-order valence-corrected chi connectivity index (χ4v) is 1.94. The normalized spacial score (nSPS) is 11.1. The van der Waals surface area contributed by atoms with Crippen molar-refractivity contribution in [3.63, 3.8) is 0 Å². The van der Waals surface area contributed by atoms with Gasteiger partial charge in [-0.1, -0.05) is 35.9 Å². The number of carbonyl (C=O) groups is 2. The van der Waals surface area contributed by atoms with Crippen LogP contribution in [0.5, 0.6) is 11.5 Å². The molecule has 0 saturated heterocycles. The van der Waals surface area contributed by atoms with Gasteiger partial charge < -0.3 is 20.1 Å². The molecule has 0 aliphatic rings. The maximum Gasteiger partial charge on any atom is 0.371 e. The molecule has 0 atom stereocenters. The first-order valence-electron chi connectivity index (χ1n) is 6.63. The Hall–Kier alpha value is -3.28. The quantitative estimate of drug-likeness (QED) is 0.579. The van der Waals surface area contributed by atoms with E-state index in [0.717, 1.165) is 5.56 Å². The number of phenols is 1. The molecule has 2 aromatic carbocycles. The van der Waals surface area contributed by atoms with Crippen molar-refractivity contribution in [3.8, 4) is 11.5 Å². The Balaban J connectivity index is 2.40. The summed E-state index contributed by atoms with van der Waals surface area (Å²) in [6.07, 6.45) is 1.29. The molecular weight excluding hydrogens is 300 g/mol. The lowest BCUT2D eigenvalue weighted by Crippen LogP contribution is -2.08. The van der Waals surface area contributed by atoms with Crippen molar-refractivity contribution >= 4 is 18.0 Å². The van der Waals surface area contributed by atoms with Crippen LogP contribution in [0.25, 0.3) is 6.08 Å². The summed E-state index contributed by atoms with van der Waals surface area (Å²) in [6, 6.07) is 10.9. The van der Waals surface area contributed by atoms with Crippen molar-refractivity contribution in [1.82, 2.24) is 0 Å². The highest BCUT2D eigenvalue weighted by Gasteiger charge is 2.18. The van der Waals surface area contributed by atoms with Crippen LogP contribution >= 0.6 is 0 Å². The number of aromatic carboxylic acids is 1. The molecule has 118 valence electrons. The monoisotopic (exact) mass is 314 g/mol. The molecule has 0 aromatic heterocycles. The Kier molecular flexibility index (Phi) is 4.66. The summed E-state index contributed by atoms with van der Waals surface area (Å²) >= 11 is 0. The number of para-hydroxylation sites is 1. The van der Waals surface area contributed by atoms with Gasteiger partial charge in [0.25, 0.3) is 0 Å². The minimum absolute atomic E-state index is 0.244. The lowest BCUT2D eigenvalue weighted by molar-refractivity contribution is -0.134. The average molecular weight is 314 g/mol. The van der Waals surface area contributed by atoms with Crippen LogP contribution in [-0.4, -0.2) is 27.3 Å². The van der Waals surface area contributed by atoms with Crippen molar-refractivity contribution in [3.05, 3.63) is 64.9 Å². The van der Waals surface area contributed by atoms with Gasteiger partial charge in [-0.3, -0.25) is 0 Å². The van der Waals surface area contributed by atoms with Crippen molar-refractivity contribution in [1.29, 1.82) is 0 Å². The summed E-state index contributed by atoms with van der Waals surface area (Å²) in [5.74, 6) is -3.99. The number of hydrogen-bond donors (Lipinski definition) is 3. The zero-order valence-corrected chi connectivity index (χ0v) is 12.2. The second-order valence-corrected chi connectivity index (χ2v) is 4.79. The van der Waals surface area contributed by atoms with Crippen LogP contribution in [0, 0.1) is 6.92 Å². The van der Waals surface area contributed by atoms with Crippen LogP contribution in [0.15, 0.2) is 48.2 Å². The Labute approximate surface area is 131 Å². The van der Waals surface area contributed by atoms with Gasteiger partial charge in [0.15, 0.2) is 11.5 Å². The number of carboxylic acid groups (broad SMARTS) is 2. The second kappa shape index (κ2) is 6.65. The third-order valence-electron chi connectivity index (χ3n) is 3.00. The summed E-state index contributed by atoms with van der Waals surface area (Å²) in [6.45, 7) is 1.86. The van der Waals surface area contributed by atoms with Gasteiger partial charge >= 0.3 is 11.9 Å². The molecule has 0 amide bonds. The van der Waals surface area contributed by atoms with Gasteiger partial charge in [0, 0.05) is 0 Å². The molecule has 0 spiro atoms. The molecule has 0 fully saturated rings. The van der Waals surface area contributed by atoms with E-state index in [1.807, 2.05) is 13.0 Å². The predicted octanol–water partition coefficient (Wildman–Crippen LogP) is 2.90. The highest BCUT2D eigenvalue weighted by Crippen LogP contribution is 2.31. The molecule has 0 bridgehead atoms. The zero-order valence-electron chi connectivity index (χ0n) is 12.2. The summed E-state index contributed by atoms with van der Waals surface area (Å²) in [4.78, 5) is 22.3. The first kappa shape index (κ1) is 16.1. The van der Waals surface area contributed by atoms with Gasteiger partial charge in [0.1, 0.15) is 5.56 Å². The zero-order chi connectivity index (χ0) is 17.0. The highest BCUT2D eigenvalue weighted by atomic mass is 16.5. The van der Waals surface area contributed by atoms with E-state index >= 15 is 0 Å². The number of aryl methyl sites for hydroxylation is 1. The summed E-state index contributed by atoms with van der Waals surface area (Å²) in [7, 11) is 0. The van der Waals surface area contributed by atoms with Crippen LogP contribution < -0.4 is 4.74 Å². The van der Waals surface area contributed by atoms with Gasteiger partial charge in [0.05, 0.1) is 0 Å². The van der Waals surface area contributed by atoms with Gasteiger partial charge in [-0.25, -0.2) is 9.59 Å². The first-order valence-corrected chi connectivity index (χ1v) is 6.63. The average Bonchev–Trinajstić information content (AvgIpc) is 2.48. The number of hydrogen-bond acceptors (Lipinski definition) is 4. The van der Waals surface area contributed by atoms with E-state index in [1.54, 1.807) is 18.2 Å². The Morgan fingerprint density at radius 1 is 1.09 bits per heavy atom. The molecule has 0 aliphatic carbocycles. The molecule has 0 unspecified atom stereocenters. The topological polar surface area (TPSA) is 104 Å². The van der Waals surface area contributed by atoms with Gasteiger partial charge in [-0.05, 0) is 30.7 Å². The molecule has 6 nitrogen and oxygen atoms in total. The Bertz CT molecular complexity index is 791. The number of aromatic hydroxyl groups is 1. The summed E-state index contributed by atoms with van der Waals surface area (Å²) in [5.41, 5.74) is 1.18. The Morgan fingerprint density at radius 2 is 1.78 bits per heavy atom. The van der Waals surface area contributed by atoms with E-state index in [1.165, 1.54) is 24.3 Å². The number of rotatable bonds is 5. The lowest BCUT2D eigenvalue weighted by Gasteiger charge is -2.10. The van der Waals surface area contributed by atoms with E-state index in [9.17, 15) is 19.8 Å². The number of aliphatic carboxylic acids is 1. The summed E-state index contributed by atoms with van der Waals surface area (Å²) < 4.78 is 5.19. The van der Waals surface area contributed by atoms with E-state index < -0.39 is 23.4 Å². The number of ether oxygens (including phenoxy) is 1. The SMILES string of the molecule is Cc1cccc(/C=C(\Oc2cccc(C(=O)O)c2O)C(=O)O)c1. The first-order chi connectivity index (χ1) is 10.9. The van der Waals surface area contributed by atoms with Crippen molar-refractivity contribution in [2.75, 3.05) is 0 Å². The van der Waals surface area contributed by atoms with E-state index in [-0.39, 0.29) is 11.3 Å². The third kappa shape index (κ3) is 3.88. The lowest BCUT2D eigenvalue weighted by atomic mass is 10.1. The molecule has 23 heavy (non-hydrogen) atoms. The maximum absolute atomic E-state index is 11.3. The van der Waals surface area contributed by atoms with Crippen LogP contribution in [0.4, 0.5) is 0 Å². The third-order valence-corrected chi connectivity index (χ3v) is 3.00. The van der Waals surface area contributed by atoms with Gasteiger partial charge in [-0.15, -0.1) is 0 Å². The predicted molar refractivity (Wildman–Crippen MR) is 82.5 cm³/mol.